The minimum absolute atomic E-state index is 0.198. The molecule has 4 nitrogen and oxygen atoms in total. The quantitative estimate of drug-likeness (QED) is 0.899. The van der Waals surface area contributed by atoms with E-state index in [0.717, 1.165) is 28.4 Å². The summed E-state index contributed by atoms with van der Waals surface area (Å²) in [4.78, 5) is 17.8. The summed E-state index contributed by atoms with van der Waals surface area (Å²) in [5.41, 5.74) is 3.13. The van der Waals surface area contributed by atoms with Crippen LogP contribution in [-0.4, -0.2) is 11.0 Å². The van der Waals surface area contributed by atoms with Crippen molar-refractivity contribution in [3.05, 3.63) is 45.4 Å². The highest BCUT2D eigenvalue weighted by Crippen LogP contribution is 2.26. The average molecular weight is 315 g/mol. The minimum atomic E-state index is -0.486. The number of urea groups is 1. The third-order valence-corrected chi connectivity index (χ3v) is 5.17. The summed E-state index contributed by atoms with van der Waals surface area (Å²) in [7, 11) is 0. The molecule has 0 spiro atoms. The molecule has 0 aliphatic heterocycles. The topological polar surface area (TPSA) is 54.0 Å². The summed E-state index contributed by atoms with van der Waals surface area (Å²) in [5, 5.41) is 6.84. The molecule has 2 amide bonds. The number of thiazole rings is 1. The maximum absolute atomic E-state index is 12.3. The molecule has 116 valence electrons. The number of aromatic nitrogens is 1. The number of carbonyl (C=O) groups excluding carboxylic acids is 1. The largest absolute Gasteiger partial charge is 0.326 e. The molecule has 0 radical (unpaired) electrons. The normalized spacial score (nSPS) is 13.8. The molecule has 2 aromatic rings. The smallest absolute Gasteiger partial charge is 0.319 e. The highest BCUT2D eigenvalue weighted by molar-refractivity contribution is 7.11. The van der Waals surface area contributed by atoms with Gasteiger partial charge in [-0.1, -0.05) is 6.07 Å². The number of hydrogen-bond acceptors (Lipinski definition) is 3. The summed E-state index contributed by atoms with van der Waals surface area (Å²) >= 11 is 1.61. The van der Waals surface area contributed by atoms with E-state index < -0.39 is 5.54 Å². The van der Waals surface area contributed by atoms with Gasteiger partial charge in [0.2, 0.25) is 0 Å². The van der Waals surface area contributed by atoms with Crippen molar-refractivity contribution >= 4 is 23.1 Å². The number of fused-ring (bicyclic) bond motifs is 1. The number of rotatable bonds is 3. The lowest BCUT2D eigenvalue weighted by Gasteiger charge is -2.24. The van der Waals surface area contributed by atoms with Gasteiger partial charge in [-0.15, -0.1) is 11.3 Å². The van der Waals surface area contributed by atoms with Crippen molar-refractivity contribution in [3.8, 4) is 0 Å². The molecule has 0 bridgehead atoms. The number of carbonyl (C=O) groups is 1. The molecule has 1 aromatic carbocycles. The van der Waals surface area contributed by atoms with Gasteiger partial charge in [-0.25, -0.2) is 9.78 Å². The van der Waals surface area contributed by atoms with Crippen molar-refractivity contribution in [2.24, 2.45) is 0 Å². The molecule has 1 aliphatic rings. The number of benzene rings is 1. The maximum atomic E-state index is 12.3. The van der Waals surface area contributed by atoms with Crippen molar-refractivity contribution in [2.45, 2.75) is 45.6 Å². The summed E-state index contributed by atoms with van der Waals surface area (Å²) in [6, 6.07) is 5.98. The number of anilines is 1. The van der Waals surface area contributed by atoms with Crippen molar-refractivity contribution in [1.29, 1.82) is 0 Å². The summed E-state index contributed by atoms with van der Waals surface area (Å²) < 4.78 is 0. The fraction of sp³-hybridized carbons (Fsp3) is 0.412. The molecule has 5 heteroatoms. The third-order valence-electron chi connectivity index (χ3n) is 3.94. The third kappa shape index (κ3) is 3.14. The molecule has 0 saturated heterocycles. The van der Waals surface area contributed by atoms with Crippen LogP contribution in [0.1, 0.15) is 41.3 Å². The van der Waals surface area contributed by atoms with Gasteiger partial charge in [0, 0.05) is 16.8 Å². The van der Waals surface area contributed by atoms with Gasteiger partial charge >= 0.3 is 6.03 Å². The van der Waals surface area contributed by atoms with Crippen LogP contribution in [0.3, 0.4) is 0 Å². The number of aryl methyl sites for hydroxylation is 3. The van der Waals surface area contributed by atoms with Crippen LogP contribution in [-0.2, 0) is 18.4 Å². The first kappa shape index (κ1) is 15.0. The van der Waals surface area contributed by atoms with Gasteiger partial charge < -0.3 is 10.6 Å². The molecule has 0 atom stereocenters. The first-order valence-corrected chi connectivity index (χ1v) is 8.39. The Balaban J connectivity index is 1.67. The zero-order valence-electron chi connectivity index (χ0n) is 13.2. The SMILES string of the molecule is Cc1cnc(C(C)(C)NC(=O)Nc2ccc3c(c2)CCC3)s1. The van der Waals surface area contributed by atoms with Gasteiger partial charge in [-0.3, -0.25) is 0 Å². The van der Waals surface area contributed by atoms with E-state index in [1.54, 1.807) is 11.3 Å². The zero-order chi connectivity index (χ0) is 15.7. The highest BCUT2D eigenvalue weighted by Gasteiger charge is 2.26. The molecule has 22 heavy (non-hydrogen) atoms. The predicted octanol–water partition coefficient (Wildman–Crippen LogP) is 4.00. The van der Waals surface area contributed by atoms with E-state index in [1.807, 2.05) is 33.0 Å². The van der Waals surface area contributed by atoms with E-state index >= 15 is 0 Å². The number of nitrogens with one attached hydrogen (secondary N) is 2. The molecule has 1 heterocycles. The Kier molecular flexibility index (Phi) is 3.91. The van der Waals surface area contributed by atoms with Gasteiger partial charge in [-0.2, -0.15) is 0 Å². The average Bonchev–Trinajstić information content (AvgIpc) is 3.06. The minimum Gasteiger partial charge on any atom is -0.326 e. The number of hydrogen-bond donors (Lipinski definition) is 2. The molecule has 0 unspecified atom stereocenters. The van der Waals surface area contributed by atoms with Crippen LogP contribution in [0.5, 0.6) is 0 Å². The molecule has 3 rings (SSSR count). The zero-order valence-corrected chi connectivity index (χ0v) is 14.0. The van der Waals surface area contributed by atoms with Gasteiger partial charge in [0.15, 0.2) is 0 Å². The Labute approximate surface area is 135 Å². The maximum Gasteiger partial charge on any atom is 0.319 e. The first-order valence-electron chi connectivity index (χ1n) is 7.58. The summed E-state index contributed by atoms with van der Waals surface area (Å²) in [6.07, 6.45) is 5.30. The van der Waals surface area contributed by atoms with Gasteiger partial charge in [0.1, 0.15) is 5.01 Å². The van der Waals surface area contributed by atoms with Crippen LogP contribution in [0.25, 0.3) is 0 Å². The van der Waals surface area contributed by atoms with E-state index in [4.69, 9.17) is 0 Å². The summed E-state index contributed by atoms with van der Waals surface area (Å²) in [6.45, 7) is 5.95. The Morgan fingerprint density at radius 1 is 1.27 bits per heavy atom. The number of amides is 2. The van der Waals surface area contributed by atoms with Crippen LogP contribution in [0.2, 0.25) is 0 Å². The molecular weight excluding hydrogens is 294 g/mol. The van der Waals surface area contributed by atoms with Crippen molar-refractivity contribution in [3.63, 3.8) is 0 Å². The van der Waals surface area contributed by atoms with Gasteiger partial charge in [-0.05, 0) is 63.3 Å². The lowest BCUT2D eigenvalue weighted by atomic mass is 10.1. The Morgan fingerprint density at radius 2 is 2.05 bits per heavy atom. The van der Waals surface area contributed by atoms with Crippen LogP contribution in [0.4, 0.5) is 10.5 Å². The Bertz CT molecular complexity index is 706. The van der Waals surface area contributed by atoms with Crippen molar-refractivity contribution in [2.75, 3.05) is 5.32 Å². The second-order valence-electron chi connectivity index (χ2n) is 6.32. The lowest BCUT2D eigenvalue weighted by molar-refractivity contribution is 0.242. The second kappa shape index (κ2) is 5.72. The highest BCUT2D eigenvalue weighted by atomic mass is 32.1. The van der Waals surface area contributed by atoms with E-state index in [0.29, 0.717) is 0 Å². The Hall–Kier alpha value is -1.88. The molecule has 0 fully saturated rings. The van der Waals surface area contributed by atoms with Gasteiger partial charge in [0.05, 0.1) is 5.54 Å². The van der Waals surface area contributed by atoms with Gasteiger partial charge in [0.25, 0.3) is 0 Å². The van der Waals surface area contributed by atoms with Crippen LogP contribution in [0.15, 0.2) is 24.4 Å². The fourth-order valence-electron chi connectivity index (χ4n) is 2.79. The molecule has 2 N–H and O–H groups in total. The first-order chi connectivity index (χ1) is 10.4. The van der Waals surface area contributed by atoms with Crippen LogP contribution < -0.4 is 10.6 Å². The molecular formula is C17H21N3OS. The number of nitrogens with zero attached hydrogens (tertiary/aromatic N) is 1. The van der Waals surface area contributed by atoms with Crippen LogP contribution >= 0.6 is 11.3 Å². The summed E-state index contributed by atoms with van der Waals surface area (Å²) in [5.74, 6) is 0. The molecule has 0 saturated carbocycles. The molecule has 1 aliphatic carbocycles. The van der Waals surface area contributed by atoms with E-state index in [1.165, 1.54) is 17.5 Å². The van der Waals surface area contributed by atoms with Crippen molar-refractivity contribution < 1.29 is 4.79 Å². The fourth-order valence-corrected chi connectivity index (χ4v) is 3.61. The van der Waals surface area contributed by atoms with E-state index in [-0.39, 0.29) is 6.03 Å². The van der Waals surface area contributed by atoms with E-state index in [9.17, 15) is 4.79 Å². The van der Waals surface area contributed by atoms with Crippen LogP contribution in [0, 0.1) is 6.92 Å². The van der Waals surface area contributed by atoms with Crippen molar-refractivity contribution in [1.82, 2.24) is 10.3 Å². The standard InChI is InChI=1S/C17H21N3OS/c1-11-10-18-15(22-11)17(2,3)20-16(21)19-14-8-7-12-5-4-6-13(12)9-14/h7-10H,4-6H2,1-3H3,(H2,19,20,21). The monoisotopic (exact) mass is 315 g/mol. The molecule has 1 aromatic heterocycles. The second-order valence-corrected chi connectivity index (χ2v) is 7.55. The Morgan fingerprint density at radius 3 is 2.77 bits per heavy atom. The predicted molar refractivity (Wildman–Crippen MR) is 90.5 cm³/mol. The van der Waals surface area contributed by atoms with E-state index in [2.05, 4.69) is 27.8 Å². The lowest BCUT2D eigenvalue weighted by Crippen LogP contribution is -2.43.